The van der Waals surface area contributed by atoms with Gasteiger partial charge in [0.15, 0.2) is 0 Å². The van der Waals surface area contributed by atoms with E-state index >= 15 is 0 Å². The molecular weight excluding hydrogens is 296 g/mol. The number of hydrogen-bond acceptors (Lipinski definition) is 5. The van der Waals surface area contributed by atoms with Gasteiger partial charge in [0.2, 0.25) is 0 Å². The Bertz CT molecular complexity index is 490. The molecule has 7 heteroatoms. The van der Waals surface area contributed by atoms with E-state index in [1.54, 1.807) is 0 Å². The molecular formula is C16H28N4O3. The average Bonchev–Trinajstić information content (AvgIpc) is 2.92. The normalized spacial score (nSPS) is 16.3. The molecule has 1 aromatic heterocycles. The Kier molecular flexibility index (Phi) is 6.41. The summed E-state index contributed by atoms with van der Waals surface area (Å²) >= 11 is 0. The van der Waals surface area contributed by atoms with Gasteiger partial charge in [-0.2, -0.15) is 0 Å². The number of amides is 1. The molecule has 130 valence electrons. The SMILES string of the molecule is CC(C)(C)OC(=O)NCCc1cncn1CCN1CCOCC1. The molecule has 2 heterocycles. The number of hydrogen-bond donors (Lipinski definition) is 1. The maximum Gasteiger partial charge on any atom is 0.407 e. The smallest absolute Gasteiger partial charge is 0.407 e. The van der Waals surface area contributed by atoms with Gasteiger partial charge in [-0.3, -0.25) is 4.90 Å². The molecule has 1 amide bonds. The predicted octanol–water partition coefficient (Wildman–Crippen LogP) is 1.28. The van der Waals surface area contributed by atoms with Crippen molar-refractivity contribution in [2.24, 2.45) is 0 Å². The number of morpholine rings is 1. The fourth-order valence-corrected chi connectivity index (χ4v) is 2.44. The molecule has 23 heavy (non-hydrogen) atoms. The first kappa shape index (κ1) is 17.7. The Morgan fingerprint density at radius 3 is 2.78 bits per heavy atom. The summed E-state index contributed by atoms with van der Waals surface area (Å²) in [7, 11) is 0. The third kappa shape index (κ3) is 6.58. The molecule has 0 spiro atoms. The van der Waals surface area contributed by atoms with Crippen molar-refractivity contribution in [3.05, 3.63) is 18.2 Å². The largest absolute Gasteiger partial charge is 0.444 e. The fourth-order valence-electron chi connectivity index (χ4n) is 2.44. The first-order valence-electron chi connectivity index (χ1n) is 8.20. The summed E-state index contributed by atoms with van der Waals surface area (Å²) in [5.74, 6) is 0. The van der Waals surface area contributed by atoms with Crippen molar-refractivity contribution in [1.29, 1.82) is 0 Å². The zero-order chi connectivity index (χ0) is 16.7. The Hall–Kier alpha value is -1.60. The van der Waals surface area contributed by atoms with Crippen molar-refractivity contribution in [1.82, 2.24) is 19.8 Å². The van der Waals surface area contributed by atoms with Crippen LogP contribution in [0.2, 0.25) is 0 Å². The predicted molar refractivity (Wildman–Crippen MR) is 87.4 cm³/mol. The molecule has 1 aromatic rings. The minimum absolute atomic E-state index is 0.378. The lowest BCUT2D eigenvalue weighted by molar-refractivity contribution is 0.0363. The average molecular weight is 324 g/mol. The second-order valence-electron chi connectivity index (χ2n) is 6.71. The highest BCUT2D eigenvalue weighted by atomic mass is 16.6. The Morgan fingerprint density at radius 2 is 2.09 bits per heavy atom. The van der Waals surface area contributed by atoms with Crippen molar-refractivity contribution < 1.29 is 14.3 Å². The van der Waals surface area contributed by atoms with Gasteiger partial charge in [-0.1, -0.05) is 0 Å². The number of nitrogens with zero attached hydrogens (tertiary/aromatic N) is 3. The second-order valence-corrected chi connectivity index (χ2v) is 6.71. The van der Waals surface area contributed by atoms with Crippen LogP contribution in [0.1, 0.15) is 26.5 Å². The summed E-state index contributed by atoms with van der Waals surface area (Å²) in [6.45, 7) is 11.6. The molecule has 1 saturated heterocycles. The molecule has 0 bridgehead atoms. The molecule has 0 atom stereocenters. The first-order valence-corrected chi connectivity index (χ1v) is 8.20. The van der Waals surface area contributed by atoms with Gasteiger partial charge in [-0.25, -0.2) is 9.78 Å². The van der Waals surface area contributed by atoms with Crippen molar-refractivity contribution in [2.45, 2.75) is 39.3 Å². The molecule has 1 aliphatic heterocycles. The molecule has 1 N–H and O–H groups in total. The van der Waals surface area contributed by atoms with Crippen LogP contribution in [-0.2, 0) is 22.4 Å². The molecule has 0 saturated carbocycles. The van der Waals surface area contributed by atoms with Crippen LogP contribution in [0, 0.1) is 0 Å². The highest BCUT2D eigenvalue weighted by Crippen LogP contribution is 2.07. The lowest BCUT2D eigenvalue weighted by atomic mass is 10.2. The minimum Gasteiger partial charge on any atom is -0.444 e. The molecule has 0 aliphatic carbocycles. The van der Waals surface area contributed by atoms with Crippen LogP contribution < -0.4 is 5.32 Å². The number of carbonyl (C=O) groups excluding carboxylic acids is 1. The van der Waals surface area contributed by atoms with Gasteiger partial charge < -0.3 is 19.4 Å². The minimum atomic E-state index is -0.468. The summed E-state index contributed by atoms with van der Waals surface area (Å²) in [6.07, 6.45) is 4.07. The summed E-state index contributed by atoms with van der Waals surface area (Å²) in [6, 6.07) is 0. The summed E-state index contributed by atoms with van der Waals surface area (Å²) in [4.78, 5) is 18.2. The van der Waals surface area contributed by atoms with Crippen LogP contribution in [0.5, 0.6) is 0 Å². The van der Waals surface area contributed by atoms with Crippen LogP contribution in [0.15, 0.2) is 12.5 Å². The van der Waals surface area contributed by atoms with E-state index in [1.807, 2.05) is 33.3 Å². The highest BCUT2D eigenvalue weighted by Gasteiger charge is 2.16. The van der Waals surface area contributed by atoms with Crippen LogP contribution in [-0.4, -0.2) is 65.5 Å². The summed E-state index contributed by atoms with van der Waals surface area (Å²) in [5, 5.41) is 2.78. The van der Waals surface area contributed by atoms with Crippen LogP contribution in [0.3, 0.4) is 0 Å². The van der Waals surface area contributed by atoms with E-state index in [-0.39, 0.29) is 6.09 Å². The molecule has 0 aromatic carbocycles. The lowest BCUT2D eigenvalue weighted by Crippen LogP contribution is -2.38. The quantitative estimate of drug-likeness (QED) is 0.854. The summed E-state index contributed by atoms with van der Waals surface area (Å²) < 4.78 is 12.7. The van der Waals surface area contributed by atoms with Crippen LogP contribution >= 0.6 is 0 Å². The number of rotatable bonds is 6. The van der Waals surface area contributed by atoms with Crippen molar-refractivity contribution in [3.63, 3.8) is 0 Å². The highest BCUT2D eigenvalue weighted by molar-refractivity contribution is 5.67. The molecule has 2 rings (SSSR count). The standard InChI is InChI=1S/C16H28N4O3/c1-16(2,3)23-15(21)18-5-4-14-12-17-13-20(14)7-6-19-8-10-22-11-9-19/h12-13H,4-11H2,1-3H3,(H,18,21). The number of nitrogens with one attached hydrogen (secondary N) is 1. The van der Waals surface area contributed by atoms with Crippen LogP contribution in [0.25, 0.3) is 0 Å². The van der Waals surface area contributed by atoms with E-state index in [2.05, 4.69) is 19.8 Å². The van der Waals surface area contributed by atoms with Crippen molar-refractivity contribution in [2.75, 3.05) is 39.4 Å². The number of imidazole rings is 1. The van der Waals surface area contributed by atoms with E-state index in [1.165, 1.54) is 0 Å². The zero-order valence-corrected chi connectivity index (χ0v) is 14.4. The zero-order valence-electron chi connectivity index (χ0n) is 14.4. The lowest BCUT2D eigenvalue weighted by Gasteiger charge is -2.26. The van der Waals surface area contributed by atoms with E-state index in [4.69, 9.17) is 9.47 Å². The Labute approximate surface area is 138 Å². The first-order chi connectivity index (χ1) is 10.9. The number of aromatic nitrogens is 2. The van der Waals surface area contributed by atoms with E-state index in [0.29, 0.717) is 6.54 Å². The monoisotopic (exact) mass is 324 g/mol. The van der Waals surface area contributed by atoms with Crippen LogP contribution in [0.4, 0.5) is 4.79 Å². The molecule has 0 unspecified atom stereocenters. The molecule has 1 fully saturated rings. The van der Waals surface area contributed by atoms with Gasteiger partial charge in [0.05, 0.1) is 19.5 Å². The third-order valence-corrected chi connectivity index (χ3v) is 3.61. The maximum atomic E-state index is 11.6. The van der Waals surface area contributed by atoms with E-state index in [0.717, 1.165) is 51.5 Å². The van der Waals surface area contributed by atoms with Crippen molar-refractivity contribution in [3.8, 4) is 0 Å². The van der Waals surface area contributed by atoms with Crippen molar-refractivity contribution >= 4 is 6.09 Å². The van der Waals surface area contributed by atoms with Gasteiger partial charge in [-0.15, -0.1) is 0 Å². The third-order valence-electron chi connectivity index (χ3n) is 3.61. The molecule has 1 aliphatic rings. The van der Waals surface area contributed by atoms with Gasteiger partial charge in [0.25, 0.3) is 0 Å². The molecule has 0 radical (unpaired) electrons. The maximum absolute atomic E-state index is 11.6. The second kappa shape index (κ2) is 8.31. The Morgan fingerprint density at radius 1 is 1.35 bits per heavy atom. The van der Waals surface area contributed by atoms with Gasteiger partial charge in [0.1, 0.15) is 5.60 Å². The van der Waals surface area contributed by atoms with Gasteiger partial charge in [0, 0.05) is 51.0 Å². The Balaban J connectivity index is 1.71. The van der Waals surface area contributed by atoms with E-state index in [9.17, 15) is 4.79 Å². The number of alkyl carbamates (subject to hydrolysis) is 1. The summed E-state index contributed by atoms with van der Waals surface area (Å²) in [5.41, 5.74) is 0.651. The van der Waals surface area contributed by atoms with E-state index < -0.39 is 5.60 Å². The van der Waals surface area contributed by atoms with Gasteiger partial charge >= 0.3 is 6.09 Å². The number of ether oxygens (including phenoxy) is 2. The van der Waals surface area contributed by atoms with Gasteiger partial charge in [-0.05, 0) is 20.8 Å². The fraction of sp³-hybridized carbons (Fsp3) is 0.750. The number of carbonyl (C=O) groups is 1. The topological polar surface area (TPSA) is 68.6 Å². The molecule has 7 nitrogen and oxygen atoms in total.